The predicted octanol–water partition coefficient (Wildman–Crippen LogP) is 2.86. The molecule has 0 radical (unpaired) electrons. The first-order valence-corrected chi connectivity index (χ1v) is 11.2. The number of aromatic nitrogens is 2. The molecule has 0 fully saturated rings. The average molecular weight is 421 g/mol. The zero-order valence-electron chi connectivity index (χ0n) is 15.4. The molecule has 8 nitrogen and oxygen atoms in total. The number of benzene rings is 1. The van der Waals surface area contributed by atoms with Crippen LogP contribution >= 0.6 is 11.8 Å². The molecule has 0 aliphatic heterocycles. The normalized spacial score (nSPS) is 11.7. The molecule has 2 aromatic heterocycles. The molecule has 3 rings (SSSR count). The summed E-state index contributed by atoms with van der Waals surface area (Å²) in [4.78, 5) is 21.4. The van der Waals surface area contributed by atoms with Crippen LogP contribution < -0.4 is 10.5 Å². The number of hydrogen-bond acceptors (Lipinski definition) is 7. The number of rotatable bonds is 7. The zero-order chi connectivity index (χ0) is 20.3. The van der Waals surface area contributed by atoms with E-state index in [1.54, 1.807) is 24.3 Å². The quantitative estimate of drug-likeness (QED) is 0.342. The Labute approximate surface area is 167 Å². The third kappa shape index (κ3) is 4.89. The number of primary sulfonamides is 1. The highest BCUT2D eigenvalue weighted by atomic mass is 32.2. The van der Waals surface area contributed by atoms with Crippen LogP contribution in [0.1, 0.15) is 28.1 Å². The van der Waals surface area contributed by atoms with Gasteiger partial charge in [-0.1, -0.05) is 30.0 Å². The van der Waals surface area contributed by atoms with Crippen LogP contribution in [0.4, 0.5) is 5.82 Å². The number of thioether (sulfide) groups is 1. The largest absolute Gasteiger partial charge is 0.443 e. The number of sulfonamides is 1. The first kappa shape index (κ1) is 20.3. The maximum Gasteiger partial charge on any atom is 0.256 e. The predicted molar refractivity (Wildman–Crippen MR) is 109 cm³/mol. The maximum atomic E-state index is 12.6. The average Bonchev–Trinajstić information content (AvgIpc) is 2.93. The molecule has 2 heterocycles. The number of amides is 1. The number of fused-ring (bicyclic) bond motifs is 1. The number of carbonyl (C=O) groups is 1. The Balaban J connectivity index is 1.87. The monoisotopic (exact) mass is 420 g/mol. The fourth-order valence-corrected chi connectivity index (χ4v) is 4.08. The van der Waals surface area contributed by atoms with E-state index in [2.05, 4.69) is 15.3 Å². The van der Waals surface area contributed by atoms with E-state index < -0.39 is 10.0 Å². The molecule has 148 valence electrons. The molecule has 1 aromatic carbocycles. The maximum absolute atomic E-state index is 12.6. The minimum atomic E-state index is -3.50. The van der Waals surface area contributed by atoms with Gasteiger partial charge in [-0.2, -0.15) is 4.98 Å². The SMILES string of the molecule is Cc1oc2nc(SCCCS(N)(=O)=O)nc(NC(=O)c3ccccc3)c2c1C. The van der Waals surface area contributed by atoms with Gasteiger partial charge in [0.05, 0.1) is 11.1 Å². The summed E-state index contributed by atoms with van der Waals surface area (Å²) in [6.45, 7) is 3.69. The van der Waals surface area contributed by atoms with Crippen molar-refractivity contribution in [3.8, 4) is 0 Å². The second-order valence-corrected chi connectivity index (χ2v) is 9.00. The summed E-state index contributed by atoms with van der Waals surface area (Å²) in [5.74, 6) is 1.12. The van der Waals surface area contributed by atoms with Crippen molar-refractivity contribution in [1.29, 1.82) is 0 Å². The summed E-state index contributed by atoms with van der Waals surface area (Å²) >= 11 is 1.27. The zero-order valence-corrected chi connectivity index (χ0v) is 17.1. The van der Waals surface area contributed by atoms with Crippen molar-refractivity contribution in [1.82, 2.24) is 9.97 Å². The summed E-state index contributed by atoms with van der Waals surface area (Å²) in [7, 11) is -3.50. The minimum Gasteiger partial charge on any atom is -0.443 e. The third-order valence-corrected chi connectivity index (χ3v) is 5.87. The summed E-state index contributed by atoms with van der Waals surface area (Å²) in [6, 6.07) is 8.82. The number of nitrogens with one attached hydrogen (secondary N) is 1. The molecule has 0 saturated heterocycles. The van der Waals surface area contributed by atoms with E-state index in [0.717, 1.165) is 5.56 Å². The molecule has 28 heavy (non-hydrogen) atoms. The van der Waals surface area contributed by atoms with Gasteiger partial charge in [0.25, 0.3) is 5.91 Å². The van der Waals surface area contributed by atoms with Gasteiger partial charge in [0, 0.05) is 16.9 Å². The van der Waals surface area contributed by atoms with Crippen LogP contribution in [0.2, 0.25) is 0 Å². The van der Waals surface area contributed by atoms with Gasteiger partial charge >= 0.3 is 0 Å². The van der Waals surface area contributed by atoms with Crippen molar-refractivity contribution in [3.63, 3.8) is 0 Å². The molecule has 0 unspecified atom stereocenters. The fraction of sp³-hybridized carbons (Fsp3) is 0.278. The Morgan fingerprint density at radius 2 is 1.93 bits per heavy atom. The lowest BCUT2D eigenvalue weighted by Gasteiger charge is -2.08. The molecular weight excluding hydrogens is 400 g/mol. The van der Waals surface area contributed by atoms with Gasteiger partial charge in [-0.05, 0) is 32.4 Å². The van der Waals surface area contributed by atoms with Crippen molar-refractivity contribution >= 4 is 44.6 Å². The molecule has 0 atom stereocenters. The van der Waals surface area contributed by atoms with Gasteiger partial charge in [-0.25, -0.2) is 18.5 Å². The van der Waals surface area contributed by atoms with Crippen molar-refractivity contribution in [3.05, 3.63) is 47.2 Å². The van der Waals surface area contributed by atoms with Crippen LogP contribution in [-0.2, 0) is 10.0 Å². The topological polar surface area (TPSA) is 128 Å². The summed E-state index contributed by atoms with van der Waals surface area (Å²) in [6.07, 6.45) is 0.368. The van der Waals surface area contributed by atoms with Crippen molar-refractivity contribution < 1.29 is 17.6 Å². The lowest BCUT2D eigenvalue weighted by molar-refractivity contribution is 0.102. The highest BCUT2D eigenvalue weighted by Crippen LogP contribution is 2.31. The molecule has 0 spiro atoms. The molecule has 1 amide bonds. The van der Waals surface area contributed by atoms with Crippen LogP contribution in [-0.4, -0.2) is 35.8 Å². The van der Waals surface area contributed by atoms with E-state index in [4.69, 9.17) is 9.56 Å². The van der Waals surface area contributed by atoms with E-state index in [-0.39, 0.29) is 11.7 Å². The van der Waals surface area contributed by atoms with Crippen molar-refractivity contribution in [2.45, 2.75) is 25.4 Å². The Kier molecular flexibility index (Phi) is 6.01. The first-order valence-electron chi connectivity index (χ1n) is 8.52. The highest BCUT2D eigenvalue weighted by molar-refractivity contribution is 7.99. The molecule has 0 saturated carbocycles. The van der Waals surface area contributed by atoms with Crippen molar-refractivity contribution in [2.24, 2.45) is 5.14 Å². The van der Waals surface area contributed by atoms with Crippen LogP contribution in [0.3, 0.4) is 0 Å². The van der Waals surface area contributed by atoms with Crippen LogP contribution in [0.15, 0.2) is 39.9 Å². The fourth-order valence-electron chi connectivity index (χ4n) is 2.58. The van der Waals surface area contributed by atoms with E-state index >= 15 is 0 Å². The first-order chi connectivity index (χ1) is 13.2. The standard InChI is InChI=1S/C18H20N4O4S2/c1-11-12(2)26-17-14(11)15(20-16(23)13-7-4-3-5-8-13)21-18(22-17)27-9-6-10-28(19,24)25/h3-5,7-8H,6,9-10H2,1-2H3,(H2,19,24,25)(H,20,21,22,23). The second kappa shape index (κ2) is 8.29. The van der Waals surface area contributed by atoms with E-state index in [1.807, 2.05) is 19.9 Å². The molecule has 0 aliphatic carbocycles. The molecular formula is C18H20N4O4S2. The highest BCUT2D eigenvalue weighted by Gasteiger charge is 2.18. The molecule has 0 aliphatic rings. The second-order valence-electron chi connectivity index (χ2n) is 6.21. The van der Waals surface area contributed by atoms with Crippen LogP contribution in [0.25, 0.3) is 11.1 Å². The van der Waals surface area contributed by atoms with E-state index in [0.29, 0.717) is 45.6 Å². The molecule has 10 heteroatoms. The van der Waals surface area contributed by atoms with Gasteiger partial charge in [0.1, 0.15) is 11.6 Å². The van der Waals surface area contributed by atoms with Crippen LogP contribution in [0.5, 0.6) is 0 Å². The number of nitrogens with two attached hydrogens (primary N) is 1. The number of aryl methyl sites for hydroxylation is 2. The molecule has 0 bridgehead atoms. The minimum absolute atomic E-state index is 0.112. The van der Waals surface area contributed by atoms with E-state index in [1.165, 1.54) is 11.8 Å². The Bertz CT molecular complexity index is 1110. The van der Waals surface area contributed by atoms with Gasteiger partial charge in [-0.3, -0.25) is 4.79 Å². The number of furan rings is 1. The number of carbonyl (C=O) groups excluding carboxylic acids is 1. The van der Waals surface area contributed by atoms with Gasteiger partial charge in [0.2, 0.25) is 15.7 Å². The summed E-state index contributed by atoms with van der Waals surface area (Å²) < 4.78 is 27.8. The number of hydrogen-bond donors (Lipinski definition) is 2. The lowest BCUT2D eigenvalue weighted by Crippen LogP contribution is -2.16. The molecule has 3 N–H and O–H groups in total. The number of anilines is 1. The van der Waals surface area contributed by atoms with E-state index in [9.17, 15) is 13.2 Å². The Morgan fingerprint density at radius 3 is 2.61 bits per heavy atom. The smallest absolute Gasteiger partial charge is 0.256 e. The summed E-state index contributed by atoms with van der Waals surface area (Å²) in [5, 5.41) is 8.88. The number of nitrogens with zero attached hydrogens (tertiary/aromatic N) is 2. The van der Waals surface area contributed by atoms with Gasteiger partial charge in [0.15, 0.2) is 5.16 Å². The Morgan fingerprint density at radius 1 is 1.21 bits per heavy atom. The van der Waals surface area contributed by atoms with Gasteiger partial charge in [-0.15, -0.1) is 0 Å². The third-order valence-electron chi connectivity index (χ3n) is 4.08. The summed E-state index contributed by atoms with van der Waals surface area (Å²) in [5.41, 5.74) is 1.74. The van der Waals surface area contributed by atoms with Crippen molar-refractivity contribution in [2.75, 3.05) is 16.8 Å². The van der Waals surface area contributed by atoms with Crippen LogP contribution in [0, 0.1) is 13.8 Å². The Hall–Kier alpha value is -2.43. The molecule has 3 aromatic rings. The lowest BCUT2D eigenvalue weighted by atomic mass is 10.2. The van der Waals surface area contributed by atoms with Gasteiger partial charge < -0.3 is 9.73 Å².